The number of aliphatic hydroxyl groups excluding tert-OH is 1. The molecule has 2 aromatic rings. The highest BCUT2D eigenvalue weighted by atomic mass is 35.5. The van der Waals surface area contributed by atoms with E-state index in [2.05, 4.69) is 0 Å². The van der Waals surface area contributed by atoms with E-state index < -0.39 is 18.2 Å². The van der Waals surface area contributed by atoms with Gasteiger partial charge in [-0.25, -0.2) is 4.79 Å². The van der Waals surface area contributed by atoms with E-state index in [4.69, 9.17) is 20.9 Å². The Balaban J connectivity index is 0.00000280. The molecule has 5 N–H and O–H groups in total. The van der Waals surface area contributed by atoms with Crippen LogP contribution >= 0.6 is 12.4 Å². The zero-order valence-corrected chi connectivity index (χ0v) is 16.4. The van der Waals surface area contributed by atoms with Gasteiger partial charge in [0.15, 0.2) is 0 Å². The zero-order valence-electron chi connectivity index (χ0n) is 15.6. The number of hydrogen-bond acceptors (Lipinski definition) is 5. The number of amides is 1. The number of halogens is 1. The van der Waals surface area contributed by atoms with Crippen LogP contribution in [0.15, 0.2) is 48.5 Å². The van der Waals surface area contributed by atoms with Gasteiger partial charge in [-0.15, -0.1) is 12.4 Å². The minimum atomic E-state index is -0.828. The van der Waals surface area contributed by atoms with Crippen molar-refractivity contribution in [3.8, 4) is 11.5 Å². The van der Waals surface area contributed by atoms with Crippen LogP contribution in [0.1, 0.15) is 24.0 Å². The lowest BCUT2D eigenvalue weighted by Crippen LogP contribution is -2.45. The summed E-state index contributed by atoms with van der Waals surface area (Å²) in [5, 5.41) is 10.5. The van der Waals surface area contributed by atoms with Gasteiger partial charge in [-0.2, -0.15) is 0 Å². The van der Waals surface area contributed by atoms with Crippen molar-refractivity contribution in [2.75, 3.05) is 6.61 Å². The fourth-order valence-electron chi connectivity index (χ4n) is 3.61. The SMILES string of the molecule is Cl.NC(=O)Oc1ccc2c(c1)CC(C(N)[C@H](O)COc1ccccc1)CCC2. The van der Waals surface area contributed by atoms with E-state index in [1.807, 2.05) is 42.5 Å². The van der Waals surface area contributed by atoms with Crippen molar-refractivity contribution in [2.45, 2.75) is 37.8 Å². The summed E-state index contributed by atoms with van der Waals surface area (Å²) in [7, 11) is 0. The molecule has 0 spiro atoms. The molecule has 0 saturated carbocycles. The highest BCUT2D eigenvalue weighted by Gasteiger charge is 2.28. The number of carbonyl (C=O) groups excluding carboxylic acids is 1. The lowest BCUT2D eigenvalue weighted by Gasteiger charge is -2.27. The maximum atomic E-state index is 11.0. The lowest BCUT2D eigenvalue weighted by atomic mass is 9.87. The monoisotopic (exact) mass is 406 g/mol. The van der Waals surface area contributed by atoms with E-state index in [1.165, 1.54) is 5.56 Å². The van der Waals surface area contributed by atoms with Crippen molar-refractivity contribution in [3.05, 3.63) is 59.7 Å². The van der Waals surface area contributed by atoms with Crippen LogP contribution in [0.2, 0.25) is 0 Å². The second kappa shape index (κ2) is 10.3. The fraction of sp³-hybridized carbons (Fsp3) is 0.381. The Kier molecular flexibility index (Phi) is 8.11. The van der Waals surface area contributed by atoms with E-state index in [1.54, 1.807) is 6.07 Å². The third-order valence-corrected chi connectivity index (χ3v) is 5.05. The first-order valence-corrected chi connectivity index (χ1v) is 9.23. The molecule has 0 saturated heterocycles. The normalized spacial score (nSPS) is 18.0. The number of aryl methyl sites for hydroxylation is 1. The maximum absolute atomic E-state index is 11.0. The van der Waals surface area contributed by atoms with Crippen LogP contribution in [0.4, 0.5) is 4.79 Å². The first-order valence-electron chi connectivity index (χ1n) is 9.23. The lowest BCUT2D eigenvalue weighted by molar-refractivity contribution is 0.0645. The summed E-state index contributed by atoms with van der Waals surface area (Å²) < 4.78 is 10.6. The molecule has 3 rings (SSSR count). The van der Waals surface area contributed by atoms with Crippen LogP contribution in [0.25, 0.3) is 0 Å². The van der Waals surface area contributed by atoms with Gasteiger partial charge in [0.25, 0.3) is 0 Å². The molecule has 0 heterocycles. The summed E-state index contributed by atoms with van der Waals surface area (Å²) in [6, 6.07) is 14.5. The molecule has 0 fully saturated rings. The fourth-order valence-corrected chi connectivity index (χ4v) is 3.61. The van der Waals surface area contributed by atoms with Crippen LogP contribution in [0, 0.1) is 5.92 Å². The van der Waals surface area contributed by atoms with Crippen molar-refractivity contribution < 1.29 is 19.4 Å². The van der Waals surface area contributed by atoms with Crippen molar-refractivity contribution in [3.63, 3.8) is 0 Å². The van der Waals surface area contributed by atoms with Gasteiger partial charge in [-0.1, -0.05) is 24.3 Å². The van der Waals surface area contributed by atoms with Gasteiger partial charge in [0, 0.05) is 6.04 Å². The second-order valence-corrected chi connectivity index (χ2v) is 6.98. The Bertz CT molecular complexity index is 772. The molecule has 6 nitrogen and oxygen atoms in total. The van der Waals surface area contributed by atoms with Gasteiger partial charge in [0.1, 0.15) is 24.2 Å². The summed E-state index contributed by atoms with van der Waals surface area (Å²) in [6.07, 6.45) is 1.98. The highest BCUT2D eigenvalue weighted by molar-refractivity contribution is 5.85. The molecule has 28 heavy (non-hydrogen) atoms. The third kappa shape index (κ3) is 5.86. The number of benzene rings is 2. The Labute approximate surface area is 171 Å². The molecule has 0 radical (unpaired) electrons. The minimum absolute atomic E-state index is 0. The Morgan fingerprint density at radius 3 is 2.61 bits per heavy atom. The van der Waals surface area contributed by atoms with Gasteiger partial charge >= 0.3 is 6.09 Å². The predicted octanol–water partition coefficient (Wildman–Crippen LogP) is 2.83. The summed E-state index contributed by atoms with van der Waals surface area (Å²) in [5.41, 5.74) is 13.8. The van der Waals surface area contributed by atoms with E-state index >= 15 is 0 Å². The Morgan fingerprint density at radius 2 is 1.89 bits per heavy atom. The zero-order chi connectivity index (χ0) is 19.2. The van der Waals surface area contributed by atoms with Gasteiger partial charge in [-0.3, -0.25) is 0 Å². The average Bonchev–Trinajstić information content (AvgIpc) is 2.87. The van der Waals surface area contributed by atoms with Crippen LogP contribution < -0.4 is 20.9 Å². The number of ether oxygens (including phenoxy) is 2. The smallest absolute Gasteiger partial charge is 0.409 e. The molecule has 152 valence electrons. The van der Waals surface area contributed by atoms with E-state index in [0.29, 0.717) is 11.5 Å². The van der Waals surface area contributed by atoms with Crippen LogP contribution in [-0.4, -0.2) is 30.0 Å². The quantitative estimate of drug-likeness (QED) is 0.639. The van der Waals surface area contributed by atoms with Crippen molar-refractivity contribution in [2.24, 2.45) is 17.4 Å². The molecule has 0 bridgehead atoms. The van der Waals surface area contributed by atoms with Crippen molar-refractivity contribution in [1.29, 1.82) is 0 Å². The molecule has 1 amide bonds. The molecule has 1 aliphatic carbocycles. The molecular formula is C21H27ClN2O4. The van der Waals surface area contributed by atoms with Gasteiger partial charge < -0.3 is 26.0 Å². The van der Waals surface area contributed by atoms with Crippen LogP contribution in [0.5, 0.6) is 11.5 Å². The number of aliphatic hydroxyl groups is 1. The van der Waals surface area contributed by atoms with Gasteiger partial charge in [0.2, 0.25) is 0 Å². The molecule has 0 aromatic heterocycles. The summed E-state index contributed by atoms with van der Waals surface area (Å²) in [5.74, 6) is 1.26. The van der Waals surface area contributed by atoms with Gasteiger partial charge in [0.05, 0.1) is 0 Å². The minimum Gasteiger partial charge on any atom is -0.491 e. The van der Waals surface area contributed by atoms with Crippen molar-refractivity contribution in [1.82, 2.24) is 0 Å². The molecule has 3 atom stereocenters. The summed E-state index contributed by atoms with van der Waals surface area (Å²) in [6.45, 7) is 0.152. The summed E-state index contributed by atoms with van der Waals surface area (Å²) in [4.78, 5) is 11.0. The van der Waals surface area contributed by atoms with E-state index in [9.17, 15) is 9.90 Å². The first kappa shape index (κ1) is 22.0. The van der Waals surface area contributed by atoms with Crippen LogP contribution in [-0.2, 0) is 12.8 Å². The number of hydrogen-bond donors (Lipinski definition) is 3. The maximum Gasteiger partial charge on any atom is 0.409 e. The molecule has 7 heteroatoms. The van der Waals surface area contributed by atoms with E-state index in [0.717, 1.165) is 31.2 Å². The predicted molar refractivity (Wildman–Crippen MR) is 110 cm³/mol. The number of carbonyl (C=O) groups is 1. The van der Waals surface area contributed by atoms with Gasteiger partial charge in [-0.05, 0) is 67.0 Å². The van der Waals surface area contributed by atoms with Crippen LogP contribution in [0.3, 0.4) is 0 Å². The number of rotatable bonds is 6. The first-order chi connectivity index (χ1) is 13.0. The van der Waals surface area contributed by atoms with Crippen molar-refractivity contribution >= 4 is 18.5 Å². The Morgan fingerprint density at radius 1 is 1.14 bits per heavy atom. The molecule has 1 aliphatic rings. The highest BCUT2D eigenvalue weighted by Crippen LogP contribution is 2.30. The largest absolute Gasteiger partial charge is 0.491 e. The number of fused-ring (bicyclic) bond motifs is 1. The second-order valence-electron chi connectivity index (χ2n) is 6.98. The number of nitrogens with two attached hydrogens (primary N) is 2. The third-order valence-electron chi connectivity index (χ3n) is 5.05. The molecule has 0 aliphatic heterocycles. The van der Waals surface area contributed by atoms with E-state index in [-0.39, 0.29) is 24.9 Å². The topological polar surface area (TPSA) is 108 Å². The molecule has 2 aromatic carbocycles. The Hall–Kier alpha value is -2.28. The average molecular weight is 407 g/mol. The number of primary amides is 1. The molecular weight excluding hydrogens is 380 g/mol. The number of para-hydroxylation sites is 1. The standard InChI is InChI=1S/C21H26N2O4.ClH/c22-20(19(24)13-26-17-7-2-1-3-8-17)15-6-4-5-14-9-10-18(27-21(23)25)12-16(14)11-15;/h1-3,7-10,12,15,19-20,24H,4-6,11,13,22H2,(H2,23,25);1H/t15?,19-,20?;/m1./s1. The molecule has 2 unspecified atom stereocenters. The summed E-state index contributed by atoms with van der Waals surface area (Å²) >= 11 is 0.